The Morgan fingerprint density at radius 2 is 1.59 bits per heavy atom. The van der Waals surface area contributed by atoms with Gasteiger partial charge in [-0.05, 0) is 42.5 Å². The topological polar surface area (TPSA) is 55.1 Å². The molecule has 0 aliphatic rings. The summed E-state index contributed by atoms with van der Waals surface area (Å²) in [5.41, 5.74) is 1.91. The van der Waals surface area contributed by atoms with E-state index in [1.807, 2.05) is 24.3 Å². The maximum absolute atomic E-state index is 11.1. The molecule has 1 N–H and O–H groups in total. The molecule has 4 rings (SSSR count). The third-order valence-electron chi connectivity index (χ3n) is 4.03. The summed E-state index contributed by atoms with van der Waals surface area (Å²) < 4.78 is 1.79. The normalized spacial score (nSPS) is 11.0. The van der Waals surface area contributed by atoms with Crippen LogP contribution in [-0.2, 0) is 0 Å². The van der Waals surface area contributed by atoms with E-state index in [0.29, 0.717) is 10.0 Å². The molecule has 3 aromatic carbocycles. The van der Waals surface area contributed by atoms with Crippen LogP contribution in [0.25, 0.3) is 16.6 Å². The van der Waals surface area contributed by atoms with Gasteiger partial charge in [0.2, 0.25) is 0 Å². The van der Waals surface area contributed by atoms with E-state index in [4.69, 9.17) is 33.4 Å². The first-order valence-electron chi connectivity index (χ1n) is 7.98. The van der Waals surface area contributed by atoms with Gasteiger partial charge >= 0.3 is 5.97 Å². The molecule has 0 fully saturated rings. The SMILES string of the molecule is O=C(O)c1ccc(-n2nc(Sc3c(Cl)cccc3Cl)c3ccccc32)cc1. The van der Waals surface area contributed by atoms with Crippen LogP contribution in [0.4, 0.5) is 0 Å². The van der Waals surface area contributed by atoms with Crippen molar-refractivity contribution in [1.29, 1.82) is 0 Å². The van der Waals surface area contributed by atoms with Gasteiger partial charge in [-0.25, -0.2) is 9.48 Å². The summed E-state index contributed by atoms with van der Waals surface area (Å²) in [7, 11) is 0. The Hall–Kier alpha value is -2.47. The van der Waals surface area contributed by atoms with E-state index in [2.05, 4.69) is 0 Å². The zero-order valence-electron chi connectivity index (χ0n) is 13.8. The fourth-order valence-corrected chi connectivity index (χ4v) is 4.29. The Morgan fingerprint density at radius 1 is 0.926 bits per heavy atom. The van der Waals surface area contributed by atoms with Gasteiger partial charge in [-0.2, -0.15) is 5.10 Å². The fraction of sp³-hybridized carbons (Fsp3) is 0. The van der Waals surface area contributed by atoms with E-state index >= 15 is 0 Å². The van der Waals surface area contributed by atoms with Gasteiger partial charge in [-0.3, -0.25) is 0 Å². The minimum absolute atomic E-state index is 0.229. The van der Waals surface area contributed by atoms with Crippen LogP contribution >= 0.6 is 35.0 Å². The van der Waals surface area contributed by atoms with Gasteiger partial charge < -0.3 is 5.11 Å². The van der Waals surface area contributed by atoms with Gasteiger partial charge in [-0.15, -0.1) is 0 Å². The van der Waals surface area contributed by atoms with Crippen molar-refractivity contribution in [3.8, 4) is 5.69 Å². The van der Waals surface area contributed by atoms with Gasteiger partial charge in [0.15, 0.2) is 0 Å². The average Bonchev–Trinajstić information content (AvgIpc) is 3.04. The van der Waals surface area contributed by atoms with Crippen molar-refractivity contribution < 1.29 is 9.90 Å². The summed E-state index contributed by atoms with van der Waals surface area (Å²) in [6, 6.07) is 19.8. The summed E-state index contributed by atoms with van der Waals surface area (Å²) >= 11 is 14.0. The third-order valence-corrected chi connectivity index (χ3v) is 6.02. The molecule has 0 aliphatic heterocycles. The number of rotatable bonds is 4. The lowest BCUT2D eigenvalue weighted by atomic mass is 10.2. The molecule has 4 aromatic rings. The Labute approximate surface area is 169 Å². The van der Waals surface area contributed by atoms with Crippen molar-refractivity contribution in [3.63, 3.8) is 0 Å². The smallest absolute Gasteiger partial charge is 0.335 e. The summed E-state index contributed by atoms with van der Waals surface area (Å²) in [4.78, 5) is 11.8. The largest absolute Gasteiger partial charge is 0.478 e. The predicted molar refractivity (Wildman–Crippen MR) is 109 cm³/mol. The molecule has 0 saturated heterocycles. The summed E-state index contributed by atoms with van der Waals surface area (Å²) in [6.45, 7) is 0. The van der Waals surface area contributed by atoms with E-state index in [1.165, 1.54) is 11.8 Å². The maximum atomic E-state index is 11.1. The minimum Gasteiger partial charge on any atom is -0.478 e. The van der Waals surface area contributed by atoms with E-state index in [1.54, 1.807) is 47.1 Å². The number of benzene rings is 3. The first-order chi connectivity index (χ1) is 13.0. The van der Waals surface area contributed by atoms with Crippen LogP contribution in [-0.4, -0.2) is 20.9 Å². The van der Waals surface area contributed by atoms with Gasteiger partial charge in [0.1, 0.15) is 5.03 Å². The highest BCUT2D eigenvalue weighted by Crippen LogP contribution is 2.40. The molecule has 1 aromatic heterocycles. The van der Waals surface area contributed by atoms with Gasteiger partial charge in [0, 0.05) is 5.39 Å². The molecule has 0 bridgehead atoms. The Morgan fingerprint density at radius 3 is 2.26 bits per heavy atom. The monoisotopic (exact) mass is 414 g/mol. The molecule has 1 heterocycles. The first kappa shape index (κ1) is 17.9. The number of nitrogens with zero attached hydrogens (tertiary/aromatic N) is 2. The highest BCUT2D eigenvalue weighted by atomic mass is 35.5. The molecule has 7 heteroatoms. The fourth-order valence-electron chi connectivity index (χ4n) is 2.73. The molecule has 0 aliphatic carbocycles. The van der Waals surface area contributed by atoms with Crippen molar-refractivity contribution in [2.75, 3.05) is 0 Å². The number of hydrogen-bond donors (Lipinski definition) is 1. The van der Waals surface area contributed by atoms with Crippen LogP contribution in [0.15, 0.2) is 76.7 Å². The minimum atomic E-state index is -0.962. The lowest BCUT2D eigenvalue weighted by molar-refractivity contribution is 0.0697. The van der Waals surface area contributed by atoms with E-state index in [9.17, 15) is 4.79 Å². The predicted octanol–water partition coefficient (Wildman–Crippen LogP) is 6.18. The molecular weight excluding hydrogens is 403 g/mol. The lowest BCUT2D eigenvalue weighted by Gasteiger charge is -2.05. The molecule has 0 atom stereocenters. The van der Waals surface area contributed by atoms with Crippen molar-refractivity contribution in [2.45, 2.75) is 9.92 Å². The molecule has 134 valence electrons. The van der Waals surface area contributed by atoms with Gasteiger partial charge in [-0.1, -0.05) is 59.2 Å². The Bertz CT molecular complexity index is 1140. The summed E-state index contributed by atoms with van der Waals surface area (Å²) in [6.07, 6.45) is 0. The number of carbonyl (C=O) groups is 1. The number of carboxylic acid groups (broad SMARTS) is 1. The van der Waals surface area contributed by atoms with Crippen molar-refractivity contribution in [2.24, 2.45) is 0 Å². The second-order valence-electron chi connectivity index (χ2n) is 5.74. The standard InChI is InChI=1S/C20H12Cl2N2O2S/c21-15-5-3-6-16(22)18(15)27-19-14-4-1-2-7-17(14)24(23-19)13-10-8-12(9-11-13)20(25)26/h1-11H,(H,25,26). The second-order valence-corrected chi connectivity index (χ2v) is 7.55. The molecule has 0 amide bonds. The molecule has 0 saturated carbocycles. The first-order valence-corrected chi connectivity index (χ1v) is 9.55. The van der Waals surface area contributed by atoms with Crippen molar-refractivity contribution >= 4 is 51.8 Å². The number of aromatic nitrogens is 2. The Kier molecular flexibility index (Phi) is 4.83. The average molecular weight is 415 g/mol. The number of carboxylic acids is 1. The Balaban J connectivity index is 1.83. The zero-order valence-corrected chi connectivity index (χ0v) is 16.1. The second kappa shape index (κ2) is 7.27. The zero-order chi connectivity index (χ0) is 19.0. The van der Waals surface area contributed by atoms with Crippen LogP contribution in [0.1, 0.15) is 10.4 Å². The van der Waals surface area contributed by atoms with E-state index in [0.717, 1.165) is 26.5 Å². The maximum Gasteiger partial charge on any atom is 0.335 e. The molecule has 0 radical (unpaired) electrons. The summed E-state index contributed by atoms with van der Waals surface area (Å²) in [5.74, 6) is -0.962. The van der Waals surface area contributed by atoms with Crippen molar-refractivity contribution in [3.05, 3.63) is 82.3 Å². The summed E-state index contributed by atoms with van der Waals surface area (Å²) in [5, 5.41) is 16.7. The van der Waals surface area contributed by atoms with Gasteiger partial charge in [0.25, 0.3) is 0 Å². The quantitative estimate of drug-likeness (QED) is 0.432. The number of fused-ring (bicyclic) bond motifs is 1. The molecule has 27 heavy (non-hydrogen) atoms. The number of para-hydroxylation sites is 1. The third kappa shape index (κ3) is 3.41. The van der Waals surface area contributed by atoms with Crippen LogP contribution in [0, 0.1) is 0 Å². The lowest BCUT2D eigenvalue weighted by Crippen LogP contribution is -1.99. The molecule has 0 unspecified atom stereocenters. The van der Waals surface area contributed by atoms with Gasteiger partial charge in [0.05, 0.1) is 31.7 Å². The number of aromatic carboxylic acids is 1. The van der Waals surface area contributed by atoms with Crippen LogP contribution < -0.4 is 0 Å². The molecular formula is C20H12Cl2N2O2S. The van der Waals surface area contributed by atoms with E-state index < -0.39 is 5.97 Å². The van der Waals surface area contributed by atoms with Crippen molar-refractivity contribution in [1.82, 2.24) is 9.78 Å². The van der Waals surface area contributed by atoms with Crippen LogP contribution in [0.5, 0.6) is 0 Å². The van der Waals surface area contributed by atoms with E-state index in [-0.39, 0.29) is 5.56 Å². The molecule has 0 spiro atoms. The highest BCUT2D eigenvalue weighted by Gasteiger charge is 2.16. The van der Waals surface area contributed by atoms with Crippen LogP contribution in [0.3, 0.4) is 0 Å². The van der Waals surface area contributed by atoms with Crippen LogP contribution in [0.2, 0.25) is 10.0 Å². The highest BCUT2D eigenvalue weighted by molar-refractivity contribution is 7.99. The number of halogens is 2. The number of hydrogen-bond acceptors (Lipinski definition) is 3. The molecule has 4 nitrogen and oxygen atoms in total.